The zero-order chi connectivity index (χ0) is 12.8. The van der Waals surface area contributed by atoms with E-state index in [2.05, 4.69) is 0 Å². The fourth-order valence-corrected chi connectivity index (χ4v) is 1.36. The first-order chi connectivity index (χ1) is 7.63. The summed E-state index contributed by atoms with van der Waals surface area (Å²) in [5.41, 5.74) is 0. The van der Waals surface area contributed by atoms with Crippen LogP contribution < -0.4 is 0 Å². The van der Waals surface area contributed by atoms with Crippen molar-refractivity contribution in [1.82, 2.24) is 0 Å². The molecule has 0 aromatic rings. The van der Waals surface area contributed by atoms with Crippen LogP contribution in [0, 0.1) is 0 Å². The fourth-order valence-electron chi connectivity index (χ4n) is 1.36. The molecule has 0 unspecified atom stereocenters. The van der Waals surface area contributed by atoms with Gasteiger partial charge in [0.05, 0.1) is 0 Å². The minimum absolute atomic E-state index is 0. The van der Waals surface area contributed by atoms with Gasteiger partial charge >= 0.3 is 5.97 Å². The minimum atomic E-state index is -0.707. The summed E-state index contributed by atoms with van der Waals surface area (Å²) in [6, 6.07) is 0. The van der Waals surface area contributed by atoms with E-state index in [1.807, 2.05) is 0 Å². The van der Waals surface area contributed by atoms with E-state index < -0.39 is 5.97 Å². The Morgan fingerprint density at radius 3 is 1.53 bits per heavy atom. The van der Waals surface area contributed by atoms with Gasteiger partial charge in [-0.15, -0.1) is 0 Å². The second-order valence-corrected chi connectivity index (χ2v) is 3.72. The second kappa shape index (κ2) is 18.4. The molecule has 0 bridgehead atoms. The molecule has 2 N–H and O–H groups in total. The first kappa shape index (κ1) is 22.2. The molecule has 0 saturated carbocycles. The van der Waals surface area contributed by atoms with Crippen molar-refractivity contribution in [2.24, 2.45) is 0 Å². The zero-order valence-corrected chi connectivity index (χ0v) is 15.1. The number of hydrogen-bond donors (Lipinski definition) is 2. The van der Waals surface area contributed by atoms with Gasteiger partial charge in [0.2, 0.25) is 0 Å². The number of hydrogen-bond acceptors (Lipinski definition) is 3. The molecule has 17 heavy (non-hydrogen) atoms. The van der Waals surface area contributed by atoms with E-state index in [0.717, 1.165) is 45.6 Å². The Morgan fingerprint density at radius 1 is 0.824 bits per heavy atom. The van der Waals surface area contributed by atoms with Crippen LogP contribution in [0.25, 0.3) is 0 Å². The summed E-state index contributed by atoms with van der Waals surface area (Å²) in [5.74, 6) is -0.447. The van der Waals surface area contributed by atoms with Crippen LogP contribution in [-0.4, -0.2) is 29.1 Å². The van der Waals surface area contributed by atoms with Gasteiger partial charge in [0.15, 0.2) is 0 Å². The molecule has 0 rings (SSSR count). The maximum Gasteiger partial charge on any atom is 0.303 e. The molecule has 5 heteroatoms. The van der Waals surface area contributed by atoms with Crippen LogP contribution in [0.4, 0.5) is 0 Å². The number of carbonyl (C=O) groups excluding carboxylic acids is 1. The van der Waals surface area contributed by atoms with Crippen molar-refractivity contribution in [3.63, 3.8) is 0 Å². The van der Waals surface area contributed by atoms with Gasteiger partial charge in [-0.05, 0) is 19.8 Å². The number of carbonyl (C=O) groups is 2. The monoisotopic (exact) mass is 346 g/mol. The molecule has 0 aromatic heterocycles. The molecule has 4 nitrogen and oxygen atoms in total. The van der Waals surface area contributed by atoms with Crippen LogP contribution in [-0.2, 0) is 36.9 Å². The van der Waals surface area contributed by atoms with Crippen molar-refractivity contribution in [3.8, 4) is 0 Å². The van der Waals surface area contributed by atoms with Crippen LogP contribution in [0.1, 0.15) is 58.3 Å². The van der Waals surface area contributed by atoms with Crippen LogP contribution in [0.5, 0.6) is 0 Å². The molecule has 0 saturated heterocycles. The summed E-state index contributed by atoms with van der Waals surface area (Å²) in [7, 11) is 1.00. The number of aliphatic hydroxyl groups is 1. The van der Waals surface area contributed by atoms with Crippen LogP contribution in [0.2, 0.25) is 0 Å². The number of ketones is 1. The second-order valence-electron chi connectivity index (χ2n) is 3.72. The van der Waals surface area contributed by atoms with E-state index in [0.29, 0.717) is 6.42 Å². The van der Waals surface area contributed by atoms with Gasteiger partial charge in [-0.2, -0.15) is 0 Å². The number of aliphatic carboxylic acids is 1. The molecular formula is C12H24CdO4. The van der Waals surface area contributed by atoms with Crippen molar-refractivity contribution in [1.29, 1.82) is 0 Å². The Bertz CT molecular complexity index is 163. The van der Waals surface area contributed by atoms with E-state index in [9.17, 15) is 9.59 Å². The van der Waals surface area contributed by atoms with Crippen LogP contribution >= 0.6 is 0 Å². The largest absolute Gasteiger partial charge is 0.481 e. The summed E-state index contributed by atoms with van der Waals surface area (Å²) in [6.45, 7) is 1.62. The average molecular weight is 345 g/mol. The number of carboxylic acids is 1. The molecule has 0 fully saturated rings. The van der Waals surface area contributed by atoms with Gasteiger partial charge in [0.1, 0.15) is 5.78 Å². The molecule has 0 aliphatic heterocycles. The Morgan fingerprint density at radius 2 is 1.18 bits per heavy atom. The molecule has 0 aliphatic carbocycles. The first-order valence-corrected chi connectivity index (χ1v) is 5.79. The van der Waals surface area contributed by atoms with Gasteiger partial charge < -0.3 is 15.0 Å². The van der Waals surface area contributed by atoms with Crippen LogP contribution in [0.15, 0.2) is 0 Å². The average Bonchev–Trinajstić information content (AvgIpc) is 2.24. The maximum absolute atomic E-state index is 10.6. The predicted molar refractivity (Wildman–Crippen MR) is 63.4 cm³/mol. The van der Waals surface area contributed by atoms with Gasteiger partial charge in [0.25, 0.3) is 0 Å². The molecule has 0 heterocycles. The third kappa shape index (κ3) is 25.9. The van der Waals surface area contributed by atoms with Gasteiger partial charge in [0, 0.05) is 47.3 Å². The number of aliphatic hydroxyl groups excluding tert-OH is 1. The van der Waals surface area contributed by atoms with Crippen molar-refractivity contribution >= 4 is 11.8 Å². The van der Waals surface area contributed by atoms with Crippen molar-refractivity contribution < 1.29 is 47.1 Å². The zero-order valence-electron chi connectivity index (χ0n) is 11.1. The quantitative estimate of drug-likeness (QED) is 0.497. The normalized spacial score (nSPS) is 8.65. The standard InChI is InChI=1S/C11H20O3.CH4O.Cd/c1-10(12)8-6-4-2-3-5-7-9-11(13)14;1-2;/h2-9H2,1H3,(H,13,14);2H,1H3;. The third-order valence-electron chi connectivity index (χ3n) is 2.17. The summed E-state index contributed by atoms with van der Waals surface area (Å²) >= 11 is 0. The van der Waals surface area contributed by atoms with E-state index in [4.69, 9.17) is 10.2 Å². The van der Waals surface area contributed by atoms with Crippen molar-refractivity contribution in [3.05, 3.63) is 0 Å². The topological polar surface area (TPSA) is 74.6 Å². The number of rotatable bonds is 9. The number of carboxylic acid groups (broad SMARTS) is 1. The van der Waals surface area contributed by atoms with Crippen molar-refractivity contribution in [2.45, 2.75) is 58.3 Å². The summed E-state index contributed by atoms with van der Waals surface area (Å²) in [5, 5.41) is 15.4. The fraction of sp³-hybridized carbons (Fsp3) is 0.833. The molecule has 0 amide bonds. The minimum Gasteiger partial charge on any atom is -0.481 e. The van der Waals surface area contributed by atoms with Crippen molar-refractivity contribution in [2.75, 3.05) is 7.11 Å². The molecule has 98 valence electrons. The SMILES string of the molecule is CC(=O)CCCCCCCCC(=O)O.CO.[Cd]. The maximum atomic E-state index is 10.6. The van der Waals surface area contributed by atoms with E-state index in [-0.39, 0.29) is 39.5 Å². The molecule has 0 atom stereocenters. The Hall–Kier alpha value is 0.0221. The molecule has 0 spiro atoms. The smallest absolute Gasteiger partial charge is 0.303 e. The van der Waals surface area contributed by atoms with E-state index in [1.165, 1.54) is 0 Å². The van der Waals surface area contributed by atoms with E-state index >= 15 is 0 Å². The Labute approximate surface area is 124 Å². The molecule has 0 radical (unpaired) electrons. The molecule has 0 aliphatic rings. The summed E-state index contributed by atoms with van der Waals surface area (Å²) < 4.78 is 0. The number of unbranched alkanes of at least 4 members (excludes halogenated alkanes) is 5. The predicted octanol–water partition coefficient (Wildman–Crippen LogP) is 2.39. The van der Waals surface area contributed by atoms with E-state index in [1.54, 1.807) is 6.92 Å². The van der Waals surface area contributed by atoms with Gasteiger partial charge in [-0.1, -0.05) is 25.7 Å². The summed E-state index contributed by atoms with van der Waals surface area (Å²) in [4.78, 5) is 20.8. The van der Waals surface area contributed by atoms with Crippen LogP contribution in [0.3, 0.4) is 0 Å². The third-order valence-corrected chi connectivity index (χ3v) is 2.17. The Balaban J connectivity index is -0.000000616. The summed E-state index contributed by atoms with van der Waals surface area (Å²) in [6.07, 6.45) is 7.02. The molecular weight excluding hydrogens is 321 g/mol. The first-order valence-electron chi connectivity index (χ1n) is 5.79. The van der Waals surface area contributed by atoms with Gasteiger partial charge in [-0.25, -0.2) is 0 Å². The van der Waals surface area contributed by atoms with Gasteiger partial charge in [-0.3, -0.25) is 4.79 Å². The Kier molecular flexibility index (Phi) is 24.0. The number of Topliss-reactive ketones (excluding diaryl/α,β-unsaturated/α-hetero) is 1. The molecule has 0 aromatic carbocycles.